The van der Waals surface area contributed by atoms with Gasteiger partial charge in [0.25, 0.3) is 0 Å². The molecular weight excluding hydrogens is 438 g/mol. The lowest BCUT2D eigenvalue weighted by molar-refractivity contribution is -0.142. The van der Waals surface area contributed by atoms with Gasteiger partial charge in [0.15, 0.2) is 5.78 Å². The molecule has 4 atom stereocenters. The third kappa shape index (κ3) is 7.25. The molecule has 0 bridgehead atoms. The number of epoxide rings is 1. The minimum absolute atomic E-state index is 0.00323. The van der Waals surface area contributed by atoms with E-state index in [0.717, 1.165) is 38.5 Å². The van der Waals surface area contributed by atoms with Crippen LogP contribution in [-0.4, -0.2) is 78.5 Å². The Bertz CT molecular complexity index is 751. The molecule has 3 amide bonds. The first-order chi connectivity index (χ1) is 16.2. The van der Waals surface area contributed by atoms with Crippen molar-refractivity contribution in [1.29, 1.82) is 0 Å². The second-order valence-electron chi connectivity index (χ2n) is 10.5. The van der Waals surface area contributed by atoms with Gasteiger partial charge in [-0.2, -0.15) is 0 Å². The van der Waals surface area contributed by atoms with Crippen molar-refractivity contribution in [3.05, 3.63) is 0 Å². The lowest BCUT2D eigenvalue weighted by atomic mass is 9.93. The van der Waals surface area contributed by atoms with E-state index in [1.54, 1.807) is 11.8 Å². The molecular formula is C25H41N3O6. The van der Waals surface area contributed by atoms with Gasteiger partial charge >= 0.3 is 0 Å². The van der Waals surface area contributed by atoms with Gasteiger partial charge < -0.3 is 25.0 Å². The number of carbonyl (C=O) groups excluding carboxylic acids is 4. The van der Waals surface area contributed by atoms with Gasteiger partial charge in [0.05, 0.1) is 19.3 Å². The minimum Gasteiger partial charge on any atom is -0.379 e. The Hall–Kier alpha value is -2.00. The molecule has 0 aliphatic carbocycles. The van der Waals surface area contributed by atoms with Crippen LogP contribution in [0.1, 0.15) is 78.6 Å². The fourth-order valence-corrected chi connectivity index (χ4v) is 4.73. The van der Waals surface area contributed by atoms with Gasteiger partial charge in [0.2, 0.25) is 17.7 Å². The van der Waals surface area contributed by atoms with Crippen molar-refractivity contribution in [2.75, 3.05) is 26.4 Å². The molecule has 0 aromatic heterocycles. The maximum absolute atomic E-state index is 13.3. The first-order valence-corrected chi connectivity index (χ1v) is 12.9. The first kappa shape index (κ1) is 26.6. The average molecular weight is 480 g/mol. The molecule has 2 N–H and O–H groups in total. The smallest absolute Gasteiger partial charge is 0.245 e. The van der Waals surface area contributed by atoms with Gasteiger partial charge in [-0.1, -0.05) is 33.1 Å². The number of Topliss-reactive ketones (excluding diaryl/α,β-unsaturated/α-hetero) is 1. The molecule has 34 heavy (non-hydrogen) atoms. The van der Waals surface area contributed by atoms with Crippen LogP contribution in [0.3, 0.4) is 0 Å². The van der Waals surface area contributed by atoms with Crippen LogP contribution in [0.4, 0.5) is 0 Å². The predicted octanol–water partition coefficient (Wildman–Crippen LogP) is 1.72. The minimum atomic E-state index is -0.941. The summed E-state index contributed by atoms with van der Waals surface area (Å²) in [6, 6.07) is -2.22. The highest BCUT2D eigenvalue weighted by molar-refractivity contribution is 5.98. The van der Waals surface area contributed by atoms with Gasteiger partial charge in [-0.05, 0) is 44.9 Å². The number of hydrogen-bond donors (Lipinski definition) is 2. The van der Waals surface area contributed by atoms with Crippen molar-refractivity contribution in [2.45, 2.75) is 102 Å². The fourth-order valence-electron chi connectivity index (χ4n) is 4.73. The molecule has 3 saturated heterocycles. The molecule has 3 rings (SSSR count). The molecule has 3 aliphatic heterocycles. The molecule has 0 radical (unpaired) electrons. The van der Waals surface area contributed by atoms with Crippen LogP contribution in [0.15, 0.2) is 0 Å². The maximum atomic E-state index is 13.3. The van der Waals surface area contributed by atoms with E-state index in [-0.39, 0.29) is 30.1 Å². The Morgan fingerprint density at radius 1 is 1.15 bits per heavy atom. The Balaban J connectivity index is 1.75. The Morgan fingerprint density at radius 2 is 1.88 bits per heavy atom. The largest absolute Gasteiger partial charge is 0.379 e. The molecule has 9 nitrogen and oxygen atoms in total. The number of nitrogens with zero attached hydrogens (tertiary/aromatic N) is 1. The molecule has 3 aliphatic rings. The summed E-state index contributed by atoms with van der Waals surface area (Å²) in [5, 5.41) is 5.70. The quantitative estimate of drug-likeness (QED) is 0.560. The molecule has 9 heteroatoms. The number of nitrogens with one attached hydrogen (secondary N) is 2. The van der Waals surface area contributed by atoms with Crippen molar-refractivity contribution in [1.82, 2.24) is 15.5 Å². The van der Waals surface area contributed by atoms with E-state index < -0.39 is 29.6 Å². The van der Waals surface area contributed by atoms with E-state index in [0.29, 0.717) is 39.0 Å². The summed E-state index contributed by atoms with van der Waals surface area (Å²) in [6.07, 6.45) is 6.59. The van der Waals surface area contributed by atoms with Crippen LogP contribution in [0.25, 0.3) is 0 Å². The van der Waals surface area contributed by atoms with E-state index in [1.165, 1.54) is 0 Å². The lowest BCUT2D eigenvalue weighted by Gasteiger charge is -2.31. The van der Waals surface area contributed by atoms with Gasteiger partial charge in [-0.25, -0.2) is 0 Å². The number of ether oxygens (including phenoxy) is 2. The number of carbonyl (C=O) groups is 4. The van der Waals surface area contributed by atoms with Crippen LogP contribution in [0.2, 0.25) is 0 Å². The average Bonchev–Trinajstić information content (AvgIpc) is 3.58. The van der Waals surface area contributed by atoms with E-state index in [1.807, 2.05) is 13.8 Å². The van der Waals surface area contributed by atoms with E-state index in [4.69, 9.17) is 9.47 Å². The summed E-state index contributed by atoms with van der Waals surface area (Å²) < 4.78 is 11.1. The highest BCUT2D eigenvalue weighted by atomic mass is 16.6. The zero-order chi connectivity index (χ0) is 24.7. The molecule has 0 unspecified atom stereocenters. The summed E-state index contributed by atoms with van der Waals surface area (Å²) in [5.74, 6) is -0.732. The standard InChI is InChI=1S/C25H41N3O6/c1-17(2)14-18(22(30)25(3)16-34-25)26-23(31)19-15-33-13-9-5-7-11-21(29)28-12-8-4-6-10-20(28)24(32)27-19/h17-20H,4-16H2,1-3H3,(H,26,31)(H,27,32)/t18-,19-,20-,25+/m0/s1. The highest BCUT2D eigenvalue weighted by Crippen LogP contribution is 2.29. The first-order valence-electron chi connectivity index (χ1n) is 12.9. The molecule has 3 heterocycles. The summed E-state index contributed by atoms with van der Waals surface area (Å²) >= 11 is 0. The van der Waals surface area contributed by atoms with Crippen molar-refractivity contribution >= 4 is 23.5 Å². The predicted molar refractivity (Wildman–Crippen MR) is 126 cm³/mol. The zero-order valence-electron chi connectivity index (χ0n) is 20.9. The van der Waals surface area contributed by atoms with E-state index in [2.05, 4.69) is 10.6 Å². The summed E-state index contributed by atoms with van der Waals surface area (Å²) in [4.78, 5) is 54.1. The number of hydrogen-bond acceptors (Lipinski definition) is 6. The lowest BCUT2D eigenvalue weighted by Crippen LogP contribution is -2.58. The molecule has 192 valence electrons. The second-order valence-corrected chi connectivity index (χ2v) is 10.5. The number of rotatable bonds is 6. The fraction of sp³-hybridized carbons (Fsp3) is 0.840. The Kier molecular flexibility index (Phi) is 9.47. The maximum Gasteiger partial charge on any atom is 0.245 e. The van der Waals surface area contributed by atoms with Crippen LogP contribution < -0.4 is 10.6 Å². The Morgan fingerprint density at radius 3 is 2.59 bits per heavy atom. The van der Waals surface area contributed by atoms with Crippen LogP contribution in [0, 0.1) is 5.92 Å². The third-order valence-corrected chi connectivity index (χ3v) is 6.91. The molecule has 0 spiro atoms. The van der Waals surface area contributed by atoms with Crippen molar-refractivity contribution in [3.8, 4) is 0 Å². The summed E-state index contributed by atoms with van der Waals surface area (Å²) in [5.41, 5.74) is -0.849. The molecule has 0 saturated carbocycles. The number of ketones is 1. The van der Waals surface area contributed by atoms with Crippen LogP contribution >= 0.6 is 0 Å². The normalized spacial score (nSPS) is 30.1. The SMILES string of the molecule is CC(C)C[C@H](NC(=O)[C@@H]1COCCCCCC(=O)N2CCCCC[C@H]2C(=O)N1)C(=O)[C@@]1(C)CO1. The second kappa shape index (κ2) is 12.1. The van der Waals surface area contributed by atoms with Crippen molar-refractivity contribution in [3.63, 3.8) is 0 Å². The third-order valence-electron chi connectivity index (χ3n) is 6.91. The van der Waals surface area contributed by atoms with Crippen molar-refractivity contribution < 1.29 is 28.7 Å². The van der Waals surface area contributed by atoms with Gasteiger partial charge in [-0.3, -0.25) is 19.2 Å². The zero-order valence-corrected chi connectivity index (χ0v) is 20.9. The summed E-state index contributed by atoms with van der Waals surface area (Å²) in [6.45, 7) is 7.10. The highest BCUT2D eigenvalue weighted by Gasteiger charge is 2.50. The summed E-state index contributed by atoms with van der Waals surface area (Å²) in [7, 11) is 0. The van der Waals surface area contributed by atoms with Gasteiger partial charge in [0.1, 0.15) is 17.7 Å². The number of amides is 3. The molecule has 0 aromatic carbocycles. The van der Waals surface area contributed by atoms with Crippen molar-refractivity contribution in [2.24, 2.45) is 5.92 Å². The van der Waals surface area contributed by atoms with Crippen LogP contribution in [0.5, 0.6) is 0 Å². The van der Waals surface area contributed by atoms with Gasteiger partial charge in [-0.15, -0.1) is 0 Å². The molecule has 0 aromatic rings. The molecule has 3 fully saturated rings. The monoisotopic (exact) mass is 479 g/mol. The number of fused-ring (bicyclic) bond motifs is 1. The Labute approximate surface area is 202 Å². The van der Waals surface area contributed by atoms with Crippen LogP contribution in [-0.2, 0) is 28.7 Å². The topological polar surface area (TPSA) is 117 Å². The van der Waals surface area contributed by atoms with E-state index >= 15 is 0 Å². The van der Waals surface area contributed by atoms with E-state index in [9.17, 15) is 19.2 Å². The van der Waals surface area contributed by atoms with Gasteiger partial charge in [0, 0.05) is 19.6 Å².